The molecule has 5 heteroatoms. The number of nitrogens with zero attached hydrogens (tertiary/aromatic N) is 1. The van der Waals surface area contributed by atoms with Crippen molar-refractivity contribution >= 4 is 23.2 Å². The van der Waals surface area contributed by atoms with Gasteiger partial charge in [-0.15, -0.1) is 0 Å². The highest BCUT2D eigenvalue weighted by Gasteiger charge is 2.18. The maximum absolute atomic E-state index is 6.21. The molecule has 0 unspecified atom stereocenters. The molecule has 112 valence electrons. The van der Waals surface area contributed by atoms with E-state index in [4.69, 9.17) is 23.2 Å². The molecule has 0 amide bonds. The molecule has 0 radical (unpaired) electrons. The maximum Gasteiger partial charge on any atom is 0.0656 e. The summed E-state index contributed by atoms with van der Waals surface area (Å²) in [5, 5.41) is 12.5. The SMILES string of the molecule is Clc1cccc(Cl)c1CCc1cc(C2CCNCC2)n[nH]1. The first kappa shape index (κ1) is 14.9. The van der Waals surface area contributed by atoms with E-state index in [-0.39, 0.29) is 0 Å². The Hall–Kier alpha value is -1.03. The minimum Gasteiger partial charge on any atom is -0.317 e. The molecule has 1 aliphatic heterocycles. The van der Waals surface area contributed by atoms with Crippen LogP contribution in [0.2, 0.25) is 10.0 Å². The Morgan fingerprint density at radius 2 is 1.81 bits per heavy atom. The third kappa shape index (κ3) is 3.60. The molecule has 0 aliphatic carbocycles. The van der Waals surface area contributed by atoms with Gasteiger partial charge in [0.05, 0.1) is 5.69 Å². The standard InChI is InChI=1S/C16H19Cl2N3/c17-14-2-1-3-15(18)13(14)5-4-12-10-16(21-20-12)11-6-8-19-9-7-11/h1-3,10-11,19H,4-9H2,(H,20,21). The average Bonchev–Trinajstić information content (AvgIpc) is 2.97. The van der Waals surface area contributed by atoms with Gasteiger partial charge in [0, 0.05) is 21.7 Å². The second-order valence-electron chi connectivity index (χ2n) is 5.54. The minimum atomic E-state index is 0.583. The first-order valence-electron chi connectivity index (χ1n) is 7.42. The summed E-state index contributed by atoms with van der Waals surface area (Å²) in [6, 6.07) is 7.84. The summed E-state index contributed by atoms with van der Waals surface area (Å²) < 4.78 is 0. The van der Waals surface area contributed by atoms with E-state index in [0.29, 0.717) is 5.92 Å². The summed E-state index contributed by atoms with van der Waals surface area (Å²) in [4.78, 5) is 0. The molecule has 0 bridgehead atoms. The van der Waals surface area contributed by atoms with Crippen LogP contribution >= 0.6 is 23.2 Å². The smallest absolute Gasteiger partial charge is 0.0656 e. The topological polar surface area (TPSA) is 40.7 Å². The Labute approximate surface area is 135 Å². The van der Waals surface area contributed by atoms with E-state index >= 15 is 0 Å². The Bertz CT molecular complexity index is 583. The van der Waals surface area contributed by atoms with E-state index in [2.05, 4.69) is 21.6 Å². The van der Waals surface area contributed by atoms with Gasteiger partial charge in [-0.05, 0) is 62.5 Å². The van der Waals surface area contributed by atoms with Gasteiger partial charge in [-0.25, -0.2) is 0 Å². The summed E-state index contributed by atoms with van der Waals surface area (Å²) in [6.45, 7) is 2.17. The van der Waals surface area contributed by atoms with Gasteiger partial charge in [0.1, 0.15) is 0 Å². The molecule has 0 saturated carbocycles. The molecule has 3 nitrogen and oxygen atoms in total. The van der Waals surface area contributed by atoms with Gasteiger partial charge < -0.3 is 5.32 Å². The maximum atomic E-state index is 6.21. The number of rotatable bonds is 4. The van der Waals surface area contributed by atoms with Crippen LogP contribution in [0.1, 0.15) is 35.7 Å². The van der Waals surface area contributed by atoms with Crippen molar-refractivity contribution in [1.82, 2.24) is 15.5 Å². The zero-order valence-electron chi connectivity index (χ0n) is 11.8. The van der Waals surface area contributed by atoms with Crippen molar-refractivity contribution in [2.45, 2.75) is 31.6 Å². The van der Waals surface area contributed by atoms with Crippen LogP contribution in [0.5, 0.6) is 0 Å². The fourth-order valence-electron chi connectivity index (χ4n) is 2.87. The van der Waals surface area contributed by atoms with Crippen LogP contribution in [0.4, 0.5) is 0 Å². The molecule has 1 aromatic carbocycles. The number of aromatic amines is 1. The fraction of sp³-hybridized carbons (Fsp3) is 0.438. The van der Waals surface area contributed by atoms with Crippen LogP contribution in [-0.4, -0.2) is 23.3 Å². The Kier molecular flexibility index (Phi) is 4.84. The second-order valence-corrected chi connectivity index (χ2v) is 6.36. The fourth-order valence-corrected chi connectivity index (χ4v) is 3.45. The Morgan fingerprint density at radius 3 is 2.52 bits per heavy atom. The number of nitrogens with one attached hydrogen (secondary N) is 2. The lowest BCUT2D eigenvalue weighted by atomic mass is 9.94. The molecule has 21 heavy (non-hydrogen) atoms. The number of aryl methyl sites for hydroxylation is 1. The van der Waals surface area contributed by atoms with Crippen molar-refractivity contribution in [2.24, 2.45) is 0 Å². The molecule has 2 heterocycles. The van der Waals surface area contributed by atoms with Crippen LogP contribution in [0.15, 0.2) is 24.3 Å². The lowest BCUT2D eigenvalue weighted by molar-refractivity contribution is 0.453. The third-order valence-corrected chi connectivity index (χ3v) is 4.82. The molecule has 1 saturated heterocycles. The van der Waals surface area contributed by atoms with Crippen molar-refractivity contribution in [3.05, 3.63) is 51.3 Å². The summed E-state index contributed by atoms with van der Waals surface area (Å²) >= 11 is 12.4. The second kappa shape index (κ2) is 6.82. The van der Waals surface area contributed by atoms with Crippen molar-refractivity contribution in [1.29, 1.82) is 0 Å². The molecule has 3 rings (SSSR count). The predicted molar refractivity (Wildman–Crippen MR) is 87.3 cm³/mol. The lowest BCUT2D eigenvalue weighted by Crippen LogP contribution is -2.26. The summed E-state index contributed by atoms with van der Waals surface area (Å²) in [5.74, 6) is 0.583. The highest BCUT2D eigenvalue weighted by molar-refractivity contribution is 6.35. The number of hydrogen-bond donors (Lipinski definition) is 2. The first-order chi connectivity index (χ1) is 10.2. The van der Waals surface area contributed by atoms with Gasteiger partial charge in [0.25, 0.3) is 0 Å². The van der Waals surface area contributed by atoms with Crippen molar-refractivity contribution in [3.8, 4) is 0 Å². The van der Waals surface area contributed by atoms with E-state index in [9.17, 15) is 0 Å². The largest absolute Gasteiger partial charge is 0.317 e. The van der Waals surface area contributed by atoms with Gasteiger partial charge >= 0.3 is 0 Å². The molecule has 1 fully saturated rings. The van der Waals surface area contributed by atoms with E-state index in [1.54, 1.807) is 0 Å². The predicted octanol–water partition coefficient (Wildman–Crippen LogP) is 3.97. The van der Waals surface area contributed by atoms with Crippen LogP contribution in [0.25, 0.3) is 0 Å². The molecule has 0 spiro atoms. The van der Waals surface area contributed by atoms with Crippen molar-refractivity contribution < 1.29 is 0 Å². The molecule has 1 aliphatic rings. The van der Waals surface area contributed by atoms with Gasteiger partial charge in [-0.1, -0.05) is 29.3 Å². The van der Waals surface area contributed by atoms with Crippen LogP contribution in [0, 0.1) is 0 Å². The van der Waals surface area contributed by atoms with E-state index in [1.807, 2.05) is 18.2 Å². The normalized spacial score (nSPS) is 16.3. The minimum absolute atomic E-state index is 0.583. The van der Waals surface area contributed by atoms with Crippen LogP contribution in [0.3, 0.4) is 0 Å². The molecule has 2 aromatic rings. The van der Waals surface area contributed by atoms with E-state index in [0.717, 1.165) is 47.2 Å². The quantitative estimate of drug-likeness (QED) is 0.893. The van der Waals surface area contributed by atoms with Crippen molar-refractivity contribution in [3.63, 3.8) is 0 Å². The molecule has 0 atom stereocenters. The highest BCUT2D eigenvalue weighted by atomic mass is 35.5. The number of hydrogen-bond acceptors (Lipinski definition) is 2. The molecule has 2 N–H and O–H groups in total. The van der Waals surface area contributed by atoms with Gasteiger partial charge in [-0.2, -0.15) is 5.10 Å². The summed E-state index contributed by atoms with van der Waals surface area (Å²) in [7, 11) is 0. The number of aromatic nitrogens is 2. The van der Waals surface area contributed by atoms with Gasteiger partial charge in [0.2, 0.25) is 0 Å². The zero-order valence-corrected chi connectivity index (χ0v) is 13.3. The average molecular weight is 324 g/mol. The Morgan fingerprint density at radius 1 is 1.10 bits per heavy atom. The monoisotopic (exact) mass is 323 g/mol. The number of halogens is 2. The summed E-state index contributed by atoms with van der Waals surface area (Å²) in [5.41, 5.74) is 3.36. The van der Waals surface area contributed by atoms with Gasteiger partial charge in [-0.3, -0.25) is 5.10 Å². The zero-order chi connectivity index (χ0) is 14.7. The third-order valence-electron chi connectivity index (χ3n) is 4.11. The Balaban J connectivity index is 1.64. The molecular weight excluding hydrogens is 305 g/mol. The van der Waals surface area contributed by atoms with Crippen molar-refractivity contribution in [2.75, 3.05) is 13.1 Å². The van der Waals surface area contributed by atoms with E-state index < -0.39 is 0 Å². The number of H-pyrrole nitrogens is 1. The number of piperidine rings is 1. The van der Waals surface area contributed by atoms with E-state index in [1.165, 1.54) is 18.5 Å². The molecular formula is C16H19Cl2N3. The van der Waals surface area contributed by atoms with Crippen LogP contribution < -0.4 is 5.32 Å². The van der Waals surface area contributed by atoms with Crippen LogP contribution in [-0.2, 0) is 12.8 Å². The first-order valence-corrected chi connectivity index (χ1v) is 8.17. The number of benzene rings is 1. The van der Waals surface area contributed by atoms with Gasteiger partial charge in [0.15, 0.2) is 0 Å². The summed E-state index contributed by atoms with van der Waals surface area (Å²) in [6.07, 6.45) is 4.04. The highest BCUT2D eigenvalue weighted by Crippen LogP contribution is 2.27. The lowest BCUT2D eigenvalue weighted by Gasteiger charge is -2.20. The molecule has 1 aromatic heterocycles.